The highest BCUT2D eigenvalue weighted by Gasteiger charge is 2.18. The molecule has 0 radical (unpaired) electrons. The number of thioether (sulfide) groups is 1. The first-order valence-electron chi connectivity index (χ1n) is 9.37. The van der Waals surface area contributed by atoms with E-state index >= 15 is 0 Å². The second kappa shape index (κ2) is 9.87. The van der Waals surface area contributed by atoms with Crippen molar-refractivity contribution in [3.63, 3.8) is 0 Å². The molecule has 0 spiro atoms. The summed E-state index contributed by atoms with van der Waals surface area (Å²) in [5, 5.41) is 0.666. The summed E-state index contributed by atoms with van der Waals surface area (Å²) in [5.74, 6) is 1.56. The molecule has 156 valence electrons. The summed E-state index contributed by atoms with van der Waals surface area (Å²) in [6.45, 7) is 0.335. The largest absolute Gasteiger partial charge is 0.459 e. The van der Waals surface area contributed by atoms with E-state index in [0.29, 0.717) is 22.9 Å². The molecule has 1 heterocycles. The van der Waals surface area contributed by atoms with E-state index in [0.717, 1.165) is 16.2 Å². The van der Waals surface area contributed by atoms with Crippen molar-refractivity contribution in [2.75, 3.05) is 26.9 Å². The predicted molar refractivity (Wildman–Crippen MR) is 121 cm³/mol. The van der Waals surface area contributed by atoms with Crippen molar-refractivity contribution in [3.8, 4) is 11.3 Å². The molecule has 0 N–H and O–H groups in total. The van der Waals surface area contributed by atoms with E-state index in [1.165, 1.54) is 11.8 Å². The Labute approximate surface area is 185 Å². The van der Waals surface area contributed by atoms with Crippen LogP contribution >= 0.6 is 23.4 Å². The standard InChI is InChI=1S/C23H23ClN2O3S/c1-25(2)22(27)15-30-21-7-5-4-6-19(21)23(28)26(3)14-18-12-13-20(29-18)16-8-10-17(24)11-9-16/h4-13H,14-15H2,1-3H3. The van der Waals surface area contributed by atoms with Crippen molar-refractivity contribution in [2.45, 2.75) is 11.4 Å². The van der Waals surface area contributed by atoms with Gasteiger partial charge in [-0.05, 0) is 48.5 Å². The summed E-state index contributed by atoms with van der Waals surface area (Å²) < 4.78 is 5.91. The molecule has 2 aromatic carbocycles. The molecule has 0 atom stereocenters. The molecule has 0 saturated heterocycles. The van der Waals surface area contributed by atoms with Gasteiger partial charge in [0.25, 0.3) is 5.91 Å². The lowest BCUT2D eigenvalue weighted by molar-refractivity contribution is -0.125. The third kappa shape index (κ3) is 5.46. The van der Waals surface area contributed by atoms with E-state index in [2.05, 4.69) is 0 Å². The van der Waals surface area contributed by atoms with Gasteiger partial charge in [0, 0.05) is 36.6 Å². The van der Waals surface area contributed by atoms with Crippen molar-refractivity contribution in [1.29, 1.82) is 0 Å². The van der Waals surface area contributed by atoms with Crippen LogP contribution in [0.25, 0.3) is 11.3 Å². The van der Waals surface area contributed by atoms with E-state index in [9.17, 15) is 9.59 Å². The molecule has 30 heavy (non-hydrogen) atoms. The summed E-state index contributed by atoms with van der Waals surface area (Å²) in [6, 6.07) is 18.5. The average Bonchev–Trinajstić information content (AvgIpc) is 3.20. The van der Waals surface area contributed by atoms with Gasteiger partial charge in [0.05, 0.1) is 17.9 Å². The van der Waals surface area contributed by atoms with Crippen LogP contribution in [0.4, 0.5) is 0 Å². The minimum absolute atomic E-state index is 0.000853. The van der Waals surface area contributed by atoms with Gasteiger partial charge in [-0.25, -0.2) is 0 Å². The number of rotatable bonds is 7. The van der Waals surface area contributed by atoms with Crippen LogP contribution in [0, 0.1) is 0 Å². The number of carbonyl (C=O) groups is 2. The highest BCUT2D eigenvalue weighted by Crippen LogP contribution is 2.26. The number of carbonyl (C=O) groups excluding carboxylic acids is 2. The number of nitrogens with zero attached hydrogens (tertiary/aromatic N) is 2. The lowest BCUT2D eigenvalue weighted by atomic mass is 10.2. The Morgan fingerprint density at radius 3 is 2.37 bits per heavy atom. The molecule has 0 bridgehead atoms. The fourth-order valence-electron chi connectivity index (χ4n) is 2.78. The summed E-state index contributed by atoms with van der Waals surface area (Å²) in [7, 11) is 5.17. The molecular weight excluding hydrogens is 420 g/mol. The lowest BCUT2D eigenvalue weighted by Gasteiger charge is -2.18. The van der Waals surface area contributed by atoms with Crippen LogP contribution in [0.5, 0.6) is 0 Å². The number of furan rings is 1. The summed E-state index contributed by atoms with van der Waals surface area (Å²) in [4.78, 5) is 28.9. The minimum Gasteiger partial charge on any atom is -0.459 e. The van der Waals surface area contributed by atoms with Gasteiger partial charge in [0.15, 0.2) is 0 Å². The minimum atomic E-state index is -0.125. The maximum absolute atomic E-state index is 13.0. The molecule has 0 aliphatic carbocycles. The third-order valence-corrected chi connectivity index (χ3v) is 5.81. The van der Waals surface area contributed by atoms with Gasteiger partial charge in [-0.3, -0.25) is 9.59 Å². The zero-order chi connectivity index (χ0) is 21.7. The van der Waals surface area contributed by atoms with Crippen LogP contribution in [-0.4, -0.2) is 48.5 Å². The van der Waals surface area contributed by atoms with Crippen LogP contribution in [0.3, 0.4) is 0 Å². The normalized spacial score (nSPS) is 10.7. The second-order valence-corrected chi connectivity index (χ2v) is 8.46. The van der Waals surface area contributed by atoms with E-state index < -0.39 is 0 Å². The number of hydrogen-bond donors (Lipinski definition) is 0. The molecule has 0 aliphatic heterocycles. The predicted octanol–water partition coefficient (Wildman–Crippen LogP) is 5.05. The lowest BCUT2D eigenvalue weighted by Crippen LogP contribution is -2.27. The molecule has 0 aliphatic rings. The van der Waals surface area contributed by atoms with Gasteiger partial charge in [0.2, 0.25) is 5.91 Å². The van der Waals surface area contributed by atoms with Crippen molar-refractivity contribution >= 4 is 35.2 Å². The van der Waals surface area contributed by atoms with Crippen molar-refractivity contribution in [1.82, 2.24) is 9.80 Å². The number of amides is 2. The van der Waals surface area contributed by atoms with Crippen LogP contribution in [0.2, 0.25) is 5.02 Å². The van der Waals surface area contributed by atoms with Crippen molar-refractivity contribution in [3.05, 3.63) is 77.0 Å². The number of hydrogen-bond acceptors (Lipinski definition) is 4. The maximum Gasteiger partial charge on any atom is 0.255 e. The first-order chi connectivity index (χ1) is 14.3. The van der Waals surface area contributed by atoms with Gasteiger partial charge >= 0.3 is 0 Å². The maximum atomic E-state index is 13.0. The topological polar surface area (TPSA) is 53.8 Å². The van der Waals surface area contributed by atoms with Gasteiger partial charge in [-0.1, -0.05) is 23.7 Å². The van der Waals surface area contributed by atoms with Crippen LogP contribution in [-0.2, 0) is 11.3 Å². The van der Waals surface area contributed by atoms with Crippen LogP contribution < -0.4 is 0 Å². The fourth-order valence-corrected chi connectivity index (χ4v) is 3.93. The average molecular weight is 443 g/mol. The summed E-state index contributed by atoms with van der Waals surface area (Å²) >= 11 is 7.30. The first-order valence-corrected chi connectivity index (χ1v) is 10.7. The number of halogens is 1. The molecule has 0 fully saturated rings. The van der Waals surface area contributed by atoms with Crippen LogP contribution in [0.15, 0.2) is 70.0 Å². The summed E-state index contributed by atoms with van der Waals surface area (Å²) in [6.07, 6.45) is 0. The van der Waals surface area contributed by atoms with Gasteiger partial charge in [0.1, 0.15) is 11.5 Å². The number of benzene rings is 2. The van der Waals surface area contributed by atoms with E-state index in [1.54, 1.807) is 37.0 Å². The molecule has 7 heteroatoms. The zero-order valence-corrected chi connectivity index (χ0v) is 18.7. The Bertz CT molecular complexity index is 1030. The Morgan fingerprint density at radius 2 is 1.67 bits per heavy atom. The molecule has 0 saturated carbocycles. The Hall–Kier alpha value is -2.70. The molecule has 3 aromatic rings. The van der Waals surface area contributed by atoms with Crippen LogP contribution in [0.1, 0.15) is 16.1 Å². The van der Waals surface area contributed by atoms with E-state index in [-0.39, 0.29) is 17.6 Å². The van der Waals surface area contributed by atoms with Crippen molar-refractivity contribution < 1.29 is 14.0 Å². The highest BCUT2D eigenvalue weighted by molar-refractivity contribution is 8.00. The quantitative estimate of drug-likeness (QED) is 0.480. The molecule has 5 nitrogen and oxygen atoms in total. The molecule has 0 unspecified atom stereocenters. The second-order valence-electron chi connectivity index (χ2n) is 7.01. The van der Waals surface area contributed by atoms with Gasteiger partial charge in [-0.15, -0.1) is 11.8 Å². The zero-order valence-electron chi connectivity index (χ0n) is 17.1. The van der Waals surface area contributed by atoms with Gasteiger partial charge < -0.3 is 14.2 Å². The van der Waals surface area contributed by atoms with Gasteiger partial charge in [-0.2, -0.15) is 0 Å². The first kappa shape index (κ1) is 22.0. The molecule has 1 aromatic heterocycles. The monoisotopic (exact) mass is 442 g/mol. The molecule has 2 amide bonds. The van der Waals surface area contributed by atoms with Crippen molar-refractivity contribution in [2.24, 2.45) is 0 Å². The smallest absolute Gasteiger partial charge is 0.255 e. The molecular formula is C23H23ClN2O3S. The SMILES string of the molecule is CN(C)C(=O)CSc1ccccc1C(=O)N(C)Cc1ccc(-c2ccc(Cl)cc2)o1. The van der Waals surface area contributed by atoms with E-state index in [1.807, 2.05) is 54.6 Å². The Morgan fingerprint density at radius 1 is 0.967 bits per heavy atom. The third-order valence-electron chi connectivity index (χ3n) is 4.50. The Balaban J connectivity index is 1.69. The Kier molecular flexibility index (Phi) is 7.24. The molecule has 3 rings (SSSR count). The summed E-state index contributed by atoms with van der Waals surface area (Å²) in [5.41, 5.74) is 1.49. The van der Waals surface area contributed by atoms with E-state index in [4.69, 9.17) is 16.0 Å². The fraction of sp³-hybridized carbons (Fsp3) is 0.217. The highest BCUT2D eigenvalue weighted by atomic mass is 35.5.